The molecule has 1 aliphatic heterocycles. The lowest BCUT2D eigenvalue weighted by molar-refractivity contribution is -0.135. The third-order valence-corrected chi connectivity index (χ3v) is 7.45. The maximum Gasteiger partial charge on any atom is 0.318 e. The van der Waals surface area contributed by atoms with Gasteiger partial charge in [0.25, 0.3) is 0 Å². The summed E-state index contributed by atoms with van der Waals surface area (Å²) >= 11 is 1.74. The molecule has 2 aromatic rings. The summed E-state index contributed by atoms with van der Waals surface area (Å²) in [6.45, 7) is 8.19. The lowest BCUT2D eigenvalue weighted by Gasteiger charge is -2.37. The Labute approximate surface area is 200 Å². The molecule has 0 radical (unpaired) electrons. The van der Waals surface area contributed by atoms with Crippen LogP contribution in [0.2, 0.25) is 0 Å². The maximum absolute atomic E-state index is 13.4. The van der Waals surface area contributed by atoms with Crippen molar-refractivity contribution in [2.24, 2.45) is 0 Å². The Morgan fingerprint density at radius 1 is 1.21 bits per heavy atom. The van der Waals surface area contributed by atoms with Crippen LogP contribution >= 0.6 is 11.3 Å². The first kappa shape index (κ1) is 23.6. The molecular weight excluding hydrogens is 434 g/mol. The Kier molecular flexibility index (Phi) is 7.58. The zero-order valence-electron chi connectivity index (χ0n) is 19.9. The number of nitrogens with one attached hydrogen (secondary N) is 1. The van der Waals surface area contributed by atoms with E-state index >= 15 is 0 Å². The lowest BCUT2D eigenvalue weighted by atomic mass is 10.00. The van der Waals surface area contributed by atoms with Crippen molar-refractivity contribution >= 4 is 23.3 Å². The minimum absolute atomic E-state index is 0.00541. The van der Waals surface area contributed by atoms with Crippen LogP contribution in [0.15, 0.2) is 35.7 Å². The second-order valence-electron chi connectivity index (χ2n) is 9.28. The van der Waals surface area contributed by atoms with Crippen molar-refractivity contribution in [1.29, 1.82) is 0 Å². The normalized spacial score (nSPS) is 17.6. The molecule has 7 heteroatoms. The SMILES string of the molecule is CCCNC(=O)N(CC(=O)N1CCc2sccc2[C@H]1COc1ccc(C(C)C)cc1)C1CC1. The summed E-state index contributed by atoms with van der Waals surface area (Å²) < 4.78 is 6.17. The quantitative estimate of drug-likeness (QED) is 0.565. The predicted octanol–water partition coefficient (Wildman–Crippen LogP) is 4.96. The molecule has 1 N–H and O–H groups in total. The van der Waals surface area contributed by atoms with Gasteiger partial charge in [-0.3, -0.25) is 4.79 Å². The number of carbonyl (C=O) groups excluding carboxylic acids is 2. The van der Waals surface area contributed by atoms with Gasteiger partial charge in [-0.15, -0.1) is 11.3 Å². The average molecular weight is 470 g/mol. The molecule has 1 fully saturated rings. The van der Waals surface area contributed by atoms with Gasteiger partial charge >= 0.3 is 6.03 Å². The highest BCUT2D eigenvalue weighted by molar-refractivity contribution is 7.10. The number of carbonyl (C=O) groups is 2. The Morgan fingerprint density at radius 3 is 2.64 bits per heavy atom. The molecule has 1 saturated carbocycles. The van der Waals surface area contributed by atoms with Crippen LogP contribution in [0.25, 0.3) is 0 Å². The number of benzene rings is 1. The number of fused-ring (bicyclic) bond motifs is 1. The predicted molar refractivity (Wildman–Crippen MR) is 132 cm³/mol. The zero-order chi connectivity index (χ0) is 23.4. The van der Waals surface area contributed by atoms with E-state index in [1.807, 2.05) is 24.0 Å². The van der Waals surface area contributed by atoms with E-state index in [2.05, 4.69) is 42.7 Å². The van der Waals surface area contributed by atoms with Gasteiger partial charge in [0.15, 0.2) is 0 Å². The largest absolute Gasteiger partial charge is 0.491 e. The molecule has 1 aliphatic carbocycles. The van der Waals surface area contributed by atoms with Gasteiger partial charge in [0, 0.05) is 24.0 Å². The molecule has 0 bridgehead atoms. The maximum atomic E-state index is 13.4. The monoisotopic (exact) mass is 469 g/mol. The van der Waals surface area contributed by atoms with Crippen LogP contribution in [0.4, 0.5) is 4.79 Å². The van der Waals surface area contributed by atoms with E-state index in [1.54, 1.807) is 16.2 Å². The number of amides is 3. The van der Waals surface area contributed by atoms with Crippen LogP contribution in [0.1, 0.15) is 68.0 Å². The van der Waals surface area contributed by atoms with Crippen molar-refractivity contribution in [3.05, 3.63) is 51.7 Å². The van der Waals surface area contributed by atoms with Gasteiger partial charge in [0.05, 0.1) is 6.04 Å². The van der Waals surface area contributed by atoms with Crippen LogP contribution < -0.4 is 10.1 Å². The van der Waals surface area contributed by atoms with Gasteiger partial charge in [-0.2, -0.15) is 0 Å². The van der Waals surface area contributed by atoms with Gasteiger partial charge in [0.2, 0.25) is 5.91 Å². The van der Waals surface area contributed by atoms with E-state index in [-0.39, 0.29) is 30.6 Å². The van der Waals surface area contributed by atoms with E-state index in [4.69, 9.17) is 4.74 Å². The van der Waals surface area contributed by atoms with Crippen molar-refractivity contribution in [2.75, 3.05) is 26.2 Å². The molecule has 0 spiro atoms. The van der Waals surface area contributed by atoms with E-state index in [9.17, 15) is 9.59 Å². The molecule has 178 valence electrons. The van der Waals surface area contributed by atoms with Gasteiger partial charge in [-0.1, -0.05) is 32.9 Å². The van der Waals surface area contributed by atoms with Crippen molar-refractivity contribution in [3.8, 4) is 5.75 Å². The summed E-state index contributed by atoms with van der Waals surface area (Å²) in [5.74, 6) is 1.28. The van der Waals surface area contributed by atoms with Crippen molar-refractivity contribution < 1.29 is 14.3 Å². The second kappa shape index (κ2) is 10.6. The molecule has 0 unspecified atom stereocenters. The third kappa shape index (κ3) is 5.69. The first-order chi connectivity index (χ1) is 16.0. The summed E-state index contributed by atoms with van der Waals surface area (Å²) in [4.78, 5) is 31.1. The number of hydrogen-bond acceptors (Lipinski definition) is 4. The van der Waals surface area contributed by atoms with E-state index in [1.165, 1.54) is 16.0 Å². The van der Waals surface area contributed by atoms with Gasteiger partial charge < -0.3 is 19.9 Å². The van der Waals surface area contributed by atoms with Crippen molar-refractivity contribution in [2.45, 2.75) is 64.5 Å². The van der Waals surface area contributed by atoms with E-state index in [0.717, 1.165) is 31.4 Å². The Bertz CT molecular complexity index is 952. The molecule has 4 rings (SSSR count). The summed E-state index contributed by atoms with van der Waals surface area (Å²) in [6, 6.07) is 10.2. The highest BCUT2D eigenvalue weighted by Gasteiger charge is 2.37. The fourth-order valence-electron chi connectivity index (χ4n) is 4.32. The molecule has 0 saturated heterocycles. The molecular formula is C26H35N3O3S. The van der Waals surface area contributed by atoms with E-state index in [0.29, 0.717) is 25.6 Å². The van der Waals surface area contributed by atoms with Crippen molar-refractivity contribution in [1.82, 2.24) is 15.1 Å². The van der Waals surface area contributed by atoms with Gasteiger partial charge in [0.1, 0.15) is 18.9 Å². The first-order valence-corrected chi connectivity index (χ1v) is 13.0. The number of thiophene rings is 1. The molecule has 1 aromatic heterocycles. The van der Waals surface area contributed by atoms with Crippen LogP contribution in [0.5, 0.6) is 5.75 Å². The molecule has 1 aromatic carbocycles. The fourth-order valence-corrected chi connectivity index (χ4v) is 5.25. The van der Waals surface area contributed by atoms with Crippen LogP contribution in [-0.4, -0.2) is 54.0 Å². The third-order valence-electron chi connectivity index (χ3n) is 6.45. The number of ether oxygens (including phenoxy) is 1. The number of rotatable bonds is 9. The minimum Gasteiger partial charge on any atom is -0.491 e. The van der Waals surface area contributed by atoms with Crippen LogP contribution in [-0.2, 0) is 11.2 Å². The summed E-state index contributed by atoms with van der Waals surface area (Å²) in [5, 5.41) is 5.03. The van der Waals surface area contributed by atoms with Gasteiger partial charge in [-0.05, 0) is 66.3 Å². The lowest BCUT2D eigenvalue weighted by Crippen LogP contribution is -2.50. The Hall–Kier alpha value is -2.54. The van der Waals surface area contributed by atoms with Crippen LogP contribution in [0.3, 0.4) is 0 Å². The molecule has 1 atom stereocenters. The molecule has 6 nitrogen and oxygen atoms in total. The Balaban J connectivity index is 1.46. The zero-order valence-corrected chi connectivity index (χ0v) is 20.7. The molecule has 2 aliphatic rings. The fraction of sp³-hybridized carbons (Fsp3) is 0.538. The molecule has 3 amide bonds. The van der Waals surface area contributed by atoms with E-state index < -0.39 is 0 Å². The highest BCUT2D eigenvalue weighted by atomic mass is 32.1. The summed E-state index contributed by atoms with van der Waals surface area (Å²) in [5.41, 5.74) is 2.45. The second-order valence-corrected chi connectivity index (χ2v) is 10.3. The minimum atomic E-state index is -0.142. The summed E-state index contributed by atoms with van der Waals surface area (Å²) in [7, 11) is 0. The summed E-state index contributed by atoms with van der Waals surface area (Å²) in [6.07, 6.45) is 3.67. The molecule has 2 heterocycles. The topological polar surface area (TPSA) is 61.9 Å². The number of hydrogen-bond donors (Lipinski definition) is 1. The molecule has 33 heavy (non-hydrogen) atoms. The van der Waals surface area contributed by atoms with Crippen LogP contribution in [0, 0.1) is 0 Å². The average Bonchev–Trinajstić information content (AvgIpc) is 3.55. The van der Waals surface area contributed by atoms with Crippen molar-refractivity contribution in [3.63, 3.8) is 0 Å². The van der Waals surface area contributed by atoms with Gasteiger partial charge in [-0.25, -0.2) is 4.79 Å². The highest BCUT2D eigenvalue weighted by Crippen LogP contribution is 2.35. The standard InChI is InChI=1S/C26H35N3O3S/c1-4-13-27-26(31)29(20-7-8-20)16-25(30)28-14-11-24-22(12-15-33-24)23(28)17-32-21-9-5-19(6-10-21)18(2)3/h5-6,9-10,12,15,18,20,23H,4,7-8,11,13-14,16-17H2,1-3H3,(H,27,31)/t23-/m1/s1. The number of nitrogens with zero attached hydrogens (tertiary/aromatic N) is 2. The smallest absolute Gasteiger partial charge is 0.318 e. The number of urea groups is 1. The first-order valence-electron chi connectivity index (χ1n) is 12.1. The Morgan fingerprint density at radius 2 is 1.97 bits per heavy atom.